The Balaban J connectivity index is 1.79. The highest BCUT2D eigenvalue weighted by atomic mass is 32.2. The molecule has 7 heteroatoms. The second-order valence-corrected chi connectivity index (χ2v) is 7.55. The lowest BCUT2D eigenvalue weighted by Gasteiger charge is -2.11. The average molecular weight is 370 g/mol. The standard InChI is InChI=1S/C19H18N2O4S/c1-13-8-9-17(11-14(13)2)26(23,24)21-16-6-3-5-15(12-16)20-19(22)18-7-4-10-25-18/h3-12,21H,1-2H3,(H,20,22). The van der Waals surface area contributed by atoms with Gasteiger partial charge < -0.3 is 9.73 Å². The maximum absolute atomic E-state index is 12.6. The van der Waals surface area contributed by atoms with E-state index in [0.717, 1.165) is 11.1 Å². The second-order valence-electron chi connectivity index (χ2n) is 5.86. The fourth-order valence-corrected chi connectivity index (χ4v) is 3.49. The summed E-state index contributed by atoms with van der Waals surface area (Å²) in [7, 11) is -3.72. The average Bonchev–Trinajstić information content (AvgIpc) is 3.12. The molecule has 0 saturated carbocycles. The monoisotopic (exact) mass is 370 g/mol. The van der Waals surface area contributed by atoms with E-state index in [1.807, 2.05) is 13.8 Å². The lowest BCUT2D eigenvalue weighted by molar-refractivity contribution is 0.0996. The van der Waals surface area contributed by atoms with Crippen LogP contribution in [0.5, 0.6) is 0 Å². The molecule has 1 heterocycles. The van der Waals surface area contributed by atoms with E-state index >= 15 is 0 Å². The zero-order chi connectivity index (χ0) is 18.7. The smallest absolute Gasteiger partial charge is 0.291 e. The van der Waals surface area contributed by atoms with Gasteiger partial charge in [-0.25, -0.2) is 8.42 Å². The van der Waals surface area contributed by atoms with E-state index in [-0.39, 0.29) is 10.7 Å². The van der Waals surface area contributed by atoms with E-state index in [9.17, 15) is 13.2 Å². The van der Waals surface area contributed by atoms with Gasteiger partial charge in [0.1, 0.15) is 0 Å². The Kier molecular flexibility index (Phi) is 4.81. The molecule has 3 rings (SSSR count). The number of aryl methyl sites for hydroxylation is 2. The molecule has 0 fully saturated rings. The first-order valence-electron chi connectivity index (χ1n) is 7.90. The van der Waals surface area contributed by atoms with Crippen LogP contribution in [0.25, 0.3) is 0 Å². The van der Waals surface area contributed by atoms with Crippen molar-refractivity contribution in [2.24, 2.45) is 0 Å². The van der Waals surface area contributed by atoms with Crippen molar-refractivity contribution >= 4 is 27.3 Å². The maximum atomic E-state index is 12.6. The number of hydrogen-bond donors (Lipinski definition) is 2. The summed E-state index contributed by atoms with van der Waals surface area (Å²) < 4.78 is 32.7. The van der Waals surface area contributed by atoms with E-state index < -0.39 is 15.9 Å². The van der Waals surface area contributed by atoms with Crippen molar-refractivity contribution in [3.05, 3.63) is 77.7 Å². The highest BCUT2D eigenvalue weighted by molar-refractivity contribution is 7.92. The minimum atomic E-state index is -3.72. The van der Waals surface area contributed by atoms with Crippen molar-refractivity contribution in [1.29, 1.82) is 0 Å². The molecule has 2 N–H and O–H groups in total. The van der Waals surface area contributed by atoms with Gasteiger partial charge in [0, 0.05) is 5.69 Å². The third-order valence-corrected chi connectivity index (χ3v) is 5.29. The number of carbonyl (C=O) groups excluding carboxylic acids is 1. The summed E-state index contributed by atoms with van der Waals surface area (Å²) in [6.45, 7) is 3.78. The second kappa shape index (κ2) is 7.05. The highest BCUT2D eigenvalue weighted by Crippen LogP contribution is 2.21. The molecule has 0 unspecified atom stereocenters. The molecule has 6 nitrogen and oxygen atoms in total. The van der Waals surface area contributed by atoms with Crippen molar-refractivity contribution in [3.8, 4) is 0 Å². The van der Waals surface area contributed by atoms with Crippen molar-refractivity contribution in [3.63, 3.8) is 0 Å². The topological polar surface area (TPSA) is 88.4 Å². The van der Waals surface area contributed by atoms with E-state index in [1.165, 1.54) is 6.26 Å². The molecule has 134 valence electrons. The third-order valence-electron chi connectivity index (χ3n) is 3.91. The summed E-state index contributed by atoms with van der Waals surface area (Å²) in [5.74, 6) is -0.240. The molecule has 2 aromatic carbocycles. The molecular weight excluding hydrogens is 352 g/mol. The number of sulfonamides is 1. The van der Waals surface area contributed by atoms with Gasteiger partial charge >= 0.3 is 0 Å². The molecule has 0 radical (unpaired) electrons. The molecule has 1 aromatic heterocycles. The van der Waals surface area contributed by atoms with Crippen LogP contribution in [0.15, 0.2) is 70.2 Å². The molecule has 3 aromatic rings. The fraction of sp³-hybridized carbons (Fsp3) is 0.105. The molecule has 26 heavy (non-hydrogen) atoms. The lowest BCUT2D eigenvalue weighted by Crippen LogP contribution is -2.14. The van der Waals surface area contributed by atoms with Crippen LogP contribution in [0, 0.1) is 13.8 Å². The van der Waals surface area contributed by atoms with Crippen LogP contribution in [0.1, 0.15) is 21.7 Å². The third kappa shape index (κ3) is 3.94. The Morgan fingerprint density at radius 2 is 1.69 bits per heavy atom. The summed E-state index contributed by atoms with van der Waals surface area (Å²) in [4.78, 5) is 12.2. The lowest BCUT2D eigenvalue weighted by atomic mass is 10.1. The van der Waals surface area contributed by atoms with Gasteiger partial charge in [-0.3, -0.25) is 9.52 Å². The SMILES string of the molecule is Cc1ccc(S(=O)(=O)Nc2cccc(NC(=O)c3ccco3)c2)cc1C. The predicted molar refractivity (Wildman–Crippen MR) is 99.8 cm³/mol. The van der Waals surface area contributed by atoms with Gasteiger partial charge in [-0.1, -0.05) is 12.1 Å². The molecule has 0 aliphatic carbocycles. The van der Waals surface area contributed by atoms with E-state index in [2.05, 4.69) is 10.0 Å². The number of rotatable bonds is 5. The summed E-state index contributed by atoms with van der Waals surface area (Å²) in [5.41, 5.74) is 2.71. The summed E-state index contributed by atoms with van der Waals surface area (Å²) in [5, 5.41) is 2.66. The number of carbonyl (C=O) groups is 1. The van der Waals surface area contributed by atoms with Gasteiger partial charge in [-0.15, -0.1) is 0 Å². The fourth-order valence-electron chi connectivity index (χ4n) is 2.36. The van der Waals surface area contributed by atoms with Crippen molar-refractivity contribution in [1.82, 2.24) is 0 Å². The van der Waals surface area contributed by atoms with Gasteiger partial charge in [-0.05, 0) is 67.4 Å². The molecule has 0 bridgehead atoms. The minimum absolute atomic E-state index is 0.172. The van der Waals surface area contributed by atoms with Crippen LogP contribution in [0.4, 0.5) is 11.4 Å². The van der Waals surface area contributed by atoms with Gasteiger partial charge in [0.15, 0.2) is 5.76 Å². The number of hydrogen-bond acceptors (Lipinski definition) is 4. The Labute approximate surface area is 151 Å². The number of nitrogens with one attached hydrogen (secondary N) is 2. The summed E-state index contributed by atoms with van der Waals surface area (Å²) in [6.07, 6.45) is 1.41. The van der Waals surface area contributed by atoms with Crippen LogP contribution >= 0.6 is 0 Å². The first-order chi connectivity index (χ1) is 12.3. The molecule has 1 amide bonds. The predicted octanol–water partition coefficient (Wildman–Crippen LogP) is 3.95. The van der Waals surface area contributed by atoms with Crippen LogP contribution < -0.4 is 10.0 Å². The van der Waals surface area contributed by atoms with Crippen LogP contribution in [-0.2, 0) is 10.0 Å². The van der Waals surface area contributed by atoms with Gasteiger partial charge in [-0.2, -0.15) is 0 Å². The van der Waals surface area contributed by atoms with Crippen LogP contribution in [0.2, 0.25) is 0 Å². The van der Waals surface area contributed by atoms with Crippen LogP contribution in [0.3, 0.4) is 0 Å². The van der Waals surface area contributed by atoms with Crippen molar-refractivity contribution in [2.75, 3.05) is 10.0 Å². The molecular formula is C19H18N2O4S. The molecule has 0 spiro atoms. The quantitative estimate of drug-likeness (QED) is 0.712. The summed E-state index contributed by atoms with van der Waals surface area (Å²) >= 11 is 0. The zero-order valence-corrected chi connectivity index (χ0v) is 15.1. The largest absolute Gasteiger partial charge is 0.459 e. The normalized spacial score (nSPS) is 11.2. The van der Waals surface area contributed by atoms with Crippen LogP contribution in [-0.4, -0.2) is 14.3 Å². The Morgan fingerprint density at radius 3 is 2.38 bits per heavy atom. The van der Waals surface area contributed by atoms with Crippen molar-refractivity contribution in [2.45, 2.75) is 18.7 Å². The number of amides is 1. The first-order valence-corrected chi connectivity index (χ1v) is 9.38. The zero-order valence-electron chi connectivity index (χ0n) is 14.3. The number of benzene rings is 2. The first kappa shape index (κ1) is 17.8. The number of anilines is 2. The Hall–Kier alpha value is -3.06. The van der Waals surface area contributed by atoms with Gasteiger partial charge in [0.05, 0.1) is 16.8 Å². The van der Waals surface area contributed by atoms with E-state index in [0.29, 0.717) is 11.4 Å². The molecule has 0 saturated heterocycles. The highest BCUT2D eigenvalue weighted by Gasteiger charge is 2.15. The van der Waals surface area contributed by atoms with Gasteiger partial charge in [0.25, 0.3) is 15.9 Å². The van der Waals surface area contributed by atoms with E-state index in [4.69, 9.17) is 4.42 Å². The molecule has 0 aliphatic heterocycles. The Bertz CT molecular complexity index is 1040. The number of furan rings is 1. The molecule has 0 atom stereocenters. The molecule has 0 aliphatic rings. The van der Waals surface area contributed by atoms with E-state index in [1.54, 1.807) is 54.6 Å². The van der Waals surface area contributed by atoms with Gasteiger partial charge in [0.2, 0.25) is 0 Å². The Morgan fingerprint density at radius 1 is 0.923 bits per heavy atom. The summed E-state index contributed by atoms with van der Waals surface area (Å²) in [6, 6.07) is 14.6. The maximum Gasteiger partial charge on any atom is 0.291 e. The minimum Gasteiger partial charge on any atom is -0.459 e. The van der Waals surface area contributed by atoms with Crippen molar-refractivity contribution < 1.29 is 17.6 Å².